The van der Waals surface area contributed by atoms with Gasteiger partial charge in [-0.05, 0) is 26.9 Å². The normalized spacial score (nSPS) is 36.6. The van der Waals surface area contributed by atoms with Crippen molar-refractivity contribution in [3.63, 3.8) is 0 Å². The van der Waals surface area contributed by atoms with Crippen molar-refractivity contribution < 1.29 is 0 Å². The van der Waals surface area contributed by atoms with Crippen molar-refractivity contribution in [2.45, 2.75) is 13.3 Å². The van der Waals surface area contributed by atoms with E-state index in [-0.39, 0.29) is 5.41 Å². The molecule has 50 valence electrons. The first-order valence-electron chi connectivity index (χ1n) is 3.33. The first-order valence-corrected chi connectivity index (χ1v) is 3.33. The predicted molar refractivity (Wildman–Crippen MR) is 39.1 cm³/mol. The lowest BCUT2D eigenvalue weighted by atomic mass is 9.91. The fourth-order valence-electron chi connectivity index (χ4n) is 1.31. The van der Waals surface area contributed by atoms with E-state index in [9.17, 15) is 0 Å². The van der Waals surface area contributed by atoms with E-state index in [0.717, 1.165) is 19.5 Å². The van der Waals surface area contributed by atoms with Gasteiger partial charge in [-0.2, -0.15) is 0 Å². The van der Waals surface area contributed by atoms with Gasteiger partial charge in [0.15, 0.2) is 0 Å². The molecule has 0 N–H and O–H groups in total. The lowest BCUT2D eigenvalue weighted by molar-refractivity contribution is 0.373. The van der Waals surface area contributed by atoms with E-state index in [0.29, 0.717) is 0 Å². The smallest absolute Gasteiger partial charge is 0.0422 e. The SMILES string of the molecule is C#C[C@]1(C)CCN(C)C1. The van der Waals surface area contributed by atoms with Crippen LogP contribution in [-0.2, 0) is 0 Å². The van der Waals surface area contributed by atoms with Crippen LogP contribution in [0.3, 0.4) is 0 Å². The van der Waals surface area contributed by atoms with Gasteiger partial charge >= 0.3 is 0 Å². The van der Waals surface area contributed by atoms with E-state index >= 15 is 0 Å². The summed E-state index contributed by atoms with van der Waals surface area (Å²) >= 11 is 0. The summed E-state index contributed by atoms with van der Waals surface area (Å²) in [5.74, 6) is 2.83. The van der Waals surface area contributed by atoms with Gasteiger partial charge in [-0.15, -0.1) is 6.42 Å². The maximum absolute atomic E-state index is 5.35. The molecule has 1 fully saturated rings. The van der Waals surface area contributed by atoms with E-state index in [2.05, 4.69) is 24.8 Å². The molecule has 1 heterocycles. The zero-order valence-corrected chi connectivity index (χ0v) is 6.15. The van der Waals surface area contributed by atoms with Crippen molar-refractivity contribution in [1.82, 2.24) is 4.90 Å². The molecule has 0 aliphatic carbocycles. The Morgan fingerprint density at radius 2 is 2.33 bits per heavy atom. The van der Waals surface area contributed by atoms with Crippen LogP contribution in [0.2, 0.25) is 0 Å². The Labute approximate surface area is 57.0 Å². The number of likely N-dealkylation sites (tertiary alicyclic amines) is 1. The molecule has 0 aromatic carbocycles. The largest absolute Gasteiger partial charge is 0.305 e. The Morgan fingerprint density at radius 3 is 2.56 bits per heavy atom. The number of nitrogens with zero attached hydrogens (tertiary/aromatic N) is 1. The van der Waals surface area contributed by atoms with Crippen molar-refractivity contribution in [3.05, 3.63) is 0 Å². The number of terminal acetylenes is 1. The summed E-state index contributed by atoms with van der Waals surface area (Å²) in [5, 5.41) is 0. The standard InChI is InChI=1S/C8H13N/c1-4-8(2)5-6-9(3)7-8/h1H,5-7H2,2-3H3/t8-/m1/s1. The summed E-state index contributed by atoms with van der Waals surface area (Å²) in [4.78, 5) is 2.28. The van der Waals surface area contributed by atoms with Crippen LogP contribution in [0.5, 0.6) is 0 Å². The third kappa shape index (κ3) is 1.25. The van der Waals surface area contributed by atoms with E-state index in [1.165, 1.54) is 0 Å². The highest BCUT2D eigenvalue weighted by molar-refractivity contribution is 5.07. The molecule has 0 bridgehead atoms. The molecule has 0 saturated carbocycles. The zero-order chi connectivity index (χ0) is 6.91. The van der Waals surface area contributed by atoms with Crippen LogP contribution < -0.4 is 0 Å². The highest BCUT2D eigenvalue weighted by atomic mass is 15.1. The average Bonchev–Trinajstić information content (AvgIpc) is 2.13. The van der Waals surface area contributed by atoms with E-state index in [1.807, 2.05) is 0 Å². The molecular weight excluding hydrogens is 110 g/mol. The Morgan fingerprint density at radius 1 is 1.67 bits per heavy atom. The average molecular weight is 123 g/mol. The fourth-order valence-corrected chi connectivity index (χ4v) is 1.31. The summed E-state index contributed by atoms with van der Waals surface area (Å²) in [6.07, 6.45) is 6.51. The molecule has 1 atom stereocenters. The van der Waals surface area contributed by atoms with Gasteiger partial charge in [0.1, 0.15) is 0 Å². The van der Waals surface area contributed by atoms with Crippen LogP contribution >= 0.6 is 0 Å². The van der Waals surface area contributed by atoms with Crippen molar-refractivity contribution in [1.29, 1.82) is 0 Å². The molecule has 1 heteroatoms. The van der Waals surface area contributed by atoms with Crippen molar-refractivity contribution in [2.24, 2.45) is 5.41 Å². The summed E-state index contributed by atoms with van der Waals surface area (Å²) in [5.41, 5.74) is 0.161. The molecule has 9 heavy (non-hydrogen) atoms. The van der Waals surface area contributed by atoms with Gasteiger partial charge in [-0.1, -0.05) is 5.92 Å². The number of hydrogen-bond acceptors (Lipinski definition) is 1. The second kappa shape index (κ2) is 2.04. The molecule has 1 nitrogen and oxygen atoms in total. The Bertz CT molecular complexity index is 145. The molecule has 1 saturated heterocycles. The molecule has 0 radical (unpaired) electrons. The van der Waals surface area contributed by atoms with Gasteiger partial charge in [-0.25, -0.2) is 0 Å². The quantitative estimate of drug-likeness (QED) is 0.434. The molecule has 0 spiro atoms. The first-order chi connectivity index (χ1) is 4.16. The molecule has 0 aromatic rings. The van der Waals surface area contributed by atoms with Gasteiger partial charge < -0.3 is 4.90 Å². The third-order valence-electron chi connectivity index (χ3n) is 2.01. The second-order valence-corrected chi connectivity index (χ2v) is 3.19. The first kappa shape index (κ1) is 6.64. The van der Waals surface area contributed by atoms with Crippen molar-refractivity contribution in [3.8, 4) is 12.3 Å². The maximum atomic E-state index is 5.35. The molecule has 1 rings (SSSR count). The Hall–Kier alpha value is -0.480. The van der Waals surface area contributed by atoms with E-state index in [1.54, 1.807) is 0 Å². The molecule has 1 aliphatic rings. The Balaban J connectivity index is 2.58. The number of hydrogen-bond donors (Lipinski definition) is 0. The second-order valence-electron chi connectivity index (χ2n) is 3.19. The van der Waals surface area contributed by atoms with Crippen molar-refractivity contribution in [2.75, 3.05) is 20.1 Å². The van der Waals surface area contributed by atoms with E-state index in [4.69, 9.17) is 6.42 Å². The molecule has 0 aromatic heterocycles. The Kier molecular flexibility index (Phi) is 1.50. The minimum absolute atomic E-state index is 0.161. The zero-order valence-electron chi connectivity index (χ0n) is 6.15. The lowest BCUT2D eigenvalue weighted by Gasteiger charge is -2.14. The maximum Gasteiger partial charge on any atom is 0.0422 e. The summed E-state index contributed by atoms with van der Waals surface area (Å²) < 4.78 is 0. The monoisotopic (exact) mass is 123 g/mol. The van der Waals surface area contributed by atoms with Gasteiger partial charge in [0.2, 0.25) is 0 Å². The number of rotatable bonds is 0. The van der Waals surface area contributed by atoms with Crippen LogP contribution in [0.15, 0.2) is 0 Å². The topological polar surface area (TPSA) is 3.24 Å². The predicted octanol–water partition coefficient (Wildman–Crippen LogP) is 0.961. The summed E-state index contributed by atoms with van der Waals surface area (Å²) in [6.45, 7) is 4.36. The van der Waals surface area contributed by atoms with Crippen molar-refractivity contribution >= 4 is 0 Å². The lowest BCUT2D eigenvalue weighted by Crippen LogP contribution is -2.19. The molecule has 1 aliphatic heterocycles. The van der Waals surface area contributed by atoms with Crippen LogP contribution in [-0.4, -0.2) is 25.0 Å². The van der Waals surface area contributed by atoms with Crippen LogP contribution in [0.4, 0.5) is 0 Å². The highest BCUT2D eigenvalue weighted by Crippen LogP contribution is 2.27. The van der Waals surface area contributed by atoms with Gasteiger partial charge in [0.25, 0.3) is 0 Å². The van der Waals surface area contributed by atoms with Crippen LogP contribution in [0, 0.1) is 17.8 Å². The highest BCUT2D eigenvalue weighted by Gasteiger charge is 2.29. The third-order valence-corrected chi connectivity index (χ3v) is 2.01. The van der Waals surface area contributed by atoms with Gasteiger partial charge in [-0.3, -0.25) is 0 Å². The molecular formula is C8H13N. The molecule has 0 amide bonds. The summed E-state index contributed by atoms with van der Waals surface area (Å²) in [7, 11) is 2.11. The minimum atomic E-state index is 0.161. The fraction of sp³-hybridized carbons (Fsp3) is 0.750. The van der Waals surface area contributed by atoms with Gasteiger partial charge in [0.05, 0.1) is 0 Å². The van der Waals surface area contributed by atoms with E-state index < -0.39 is 0 Å². The minimum Gasteiger partial charge on any atom is -0.305 e. The van der Waals surface area contributed by atoms with Gasteiger partial charge in [0, 0.05) is 12.0 Å². The van der Waals surface area contributed by atoms with Crippen LogP contribution in [0.25, 0.3) is 0 Å². The van der Waals surface area contributed by atoms with Crippen LogP contribution in [0.1, 0.15) is 13.3 Å². The molecule has 0 unspecified atom stereocenters. The summed E-state index contributed by atoms with van der Waals surface area (Å²) in [6, 6.07) is 0.